The molecule has 6 heteroatoms. The van der Waals surface area contributed by atoms with Crippen molar-refractivity contribution >= 4 is 34.4 Å². The molecule has 33 heavy (non-hydrogen) atoms. The van der Waals surface area contributed by atoms with E-state index in [1.165, 1.54) is 0 Å². The molecule has 166 valence electrons. The second-order valence-electron chi connectivity index (χ2n) is 8.26. The Hall–Kier alpha value is -3.98. The molecule has 4 rings (SSSR count). The van der Waals surface area contributed by atoms with Crippen LogP contribution in [0.3, 0.4) is 0 Å². The van der Waals surface area contributed by atoms with Gasteiger partial charge in [-0.05, 0) is 47.6 Å². The third kappa shape index (κ3) is 5.09. The van der Waals surface area contributed by atoms with Crippen LogP contribution in [-0.2, 0) is 16.0 Å². The van der Waals surface area contributed by atoms with Crippen LogP contribution in [0.2, 0.25) is 0 Å². The molecule has 1 heterocycles. The van der Waals surface area contributed by atoms with Gasteiger partial charge >= 0.3 is 5.97 Å². The average molecular weight is 440 g/mol. The number of benzene rings is 2. The van der Waals surface area contributed by atoms with Gasteiger partial charge in [0.15, 0.2) is 6.61 Å². The van der Waals surface area contributed by atoms with Gasteiger partial charge in [0.25, 0.3) is 5.91 Å². The molecular formula is C27H25N3O3. The predicted octanol–water partition coefficient (Wildman–Crippen LogP) is 4.54. The molecule has 6 nitrogen and oxygen atoms in total. The van der Waals surface area contributed by atoms with Crippen molar-refractivity contribution in [1.29, 1.82) is 5.26 Å². The van der Waals surface area contributed by atoms with E-state index >= 15 is 0 Å². The van der Waals surface area contributed by atoms with Crippen LogP contribution in [0.4, 0.5) is 0 Å². The summed E-state index contributed by atoms with van der Waals surface area (Å²) in [4.78, 5) is 30.2. The number of fused-ring (bicyclic) bond motifs is 2. The number of aromatic nitrogens is 1. The van der Waals surface area contributed by atoms with E-state index in [2.05, 4.69) is 18.3 Å². The van der Waals surface area contributed by atoms with E-state index in [0.717, 1.165) is 39.7 Å². The fourth-order valence-electron chi connectivity index (χ4n) is 4.23. The van der Waals surface area contributed by atoms with Crippen molar-refractivity contribution in [3.8, 4) is 6.07 Å². The van der Waals surface area contributed by atoms with Crippen LogP contribution in [0.1, 0.15) is 46.9 Å². The zero-order valence-corrected chi connectivity index (χ0v) is 18.5. The summed E-state index contributed by atoms with van der Waals surface area (Å²) in [7, 11) is 0. The minimum absolute atomic E-state index is 0.205. The monoisotopic (exact) mass is 439 g/mol. The quantitative estimate of drug-likeness (QED) is 0.450. The van der Waals surface area contributed by atoms with Crippen LogP contribution >= 0.6 is 0 Å². The molecule has 1 N–H and O–H groups in total. The Morgan fingerprint density at radius 2 is 1.91 bits per heavy atom. The average Bonchev–Trinajstić information content (AvgIpc) is 2.82. The number of para-hydroxylation sites is 1. The number of allylic oxidation sites excluding steroid dienone is 1. The summed E-state index contributed by atoms with van der Waals surface area (Å²) in [6.07, 6.45) is 3.91. The first-order valence-electron chi connectivity index (χ1n) is 11.0. The highest BCUT2D eigenvalue weighted by atomic mass is 16.5. The largest absolute Gasteiger partial charge is 0.452 e. The van der Waals surface area contributed by atoms with E-state index in [0.29, 0.717) is 17.9 Å². The first-order valence-corrected chi connectivity index (χ1v) is 11.0. The number of nitrogens with zero attached hydrogens (tertiary/aromatic N) is 2. The van der Waals surface area contributed by atoms with E-state index in [1.54, 1.807) is 0 Å². The van der Waals surface area contributed by atoms with E-state index in [9.17, 15) is 9.59 Å². The maximum atomic E-state index is 13.2. The number of carbonyl (C=O) groups is 2. The highest BCUT2D eigenvalue weighted by Crippen LogP contribution is 2.38. The smallest absolute Gasteiger partial charge is 0.339 e. The molecule has 0 radical (unpaired) electrons. The standard InChI is InChI=1S/C27H25N3O3/c1-18-14-20(16-19-8-3-2-4-9-19)26-22(15-18)25(21-10-5-6-11-23(21)30-26)27(32)33-17-24(31)29-13-7-12-28/h2-6,8-11,16,18H,7,13-15,17H2,1H3,(H,29,31)/b20-16+/t18-/m0/s1. The van der Waals surface area contributed by atoms with Crippen LogP contribution in [-0.4, -0.2) is 30.0 Å². The van der Waals surface area contributed by atoms with Gasteiger partial charge in [-0.2, -0.15) is 5.26 Å². The van der Waals surface area contributed by atoms with Crippen LogP contribution in [0.5, 0.6) is 0 Å². The number of carbonyl (C=O) groups excluding carboxylic acids is 2. The Labute approximate surface area is 192 Å². The zero-order chi connectivity index (χ0) is 23.2. The Balaban J connectivity index is 1.73. The summed E-state index contributed by atoms with van der Waals surface area (Å²) >= 11 is 0. The molecule has 0 unspecified atom stereocenters. The van der Waals surface area contributed by atoms with E-state index in [4.69, 9.17) is 15.0 Å². The van der Waals surface area contributed by atoms with E-state index in [1.807, 2.05) is 60.7 Å². The lowest BCUT2D eigenvalue weighted by Gasteiger charge is -2.26. The normalized spacial score (nSPS) is 16.1. The maximum Gasteiger partial charge on any atom is 0.339 e. The van der Waals surface area contributed by atoms with Gasteiger partial charge in [0.2, 0.25) is 0 Å². The molecule has 0 bridgehead atoms. The van der Waals surface area contributed by atoms with Crippen molar-refractivity contribution in [3.63, 3.8) is 0 Å². The van der Waals surface area contributed by atoms with Crippen molar-refractivity contribution in [3.05, 3.63) is 77.0 Å². The zero-order valence-electron chi connectivity index (χ0n) is 18.5. The van der Waals surface area contributed by atoms with Gasteiger partial charge in [0, 0.05) is 11.9 Å². The highest BCUT2D eigenvalue weighted by Gasteiger charge is 2.29. The molecule has 0 saturated carbocycles. The first kappa shape index (κ1) is 22.2. The van der Waals surface area contributed by atoms with E-state index in [-0.39, 0.29) is 13.0 Å². The SMILES string of the molecule is C[C@H]1C/C(=C\c2ccccc2)c2nc3ccccc3c(C(=O)OCC(=O)NCCC#N)c2C1. The van der Waals surface area contributed by atoms with Crippen molar-refractivity contribution in [1.82, 2.24) is 10.3 Å². The van der Waals surface area contributed by atoms with Crippen molar-refractivity contribution < 1.29 is 14.3 Å². The Bertz CT molecular complexity index is 1260. The summed E-state index contributed by atoms with van der Waals surface area (Å²) in [5.41, 5.74) is 5.05. The van der Waals surface area contributed by atoms with Crippen LogP contribution in [0, 0.1) is 17.2 Å². The number of hydrogen-bond acceptors (Lipinski definition) is 5. The fraction of sp³-hybridized carbons (Fsp3) is 0.259. The van der Waals surface area contributed by atoms with Crippen LogP contribution < -0.4 is 5.32 Å². The lowest BCUT2D eigenvalue weighted by atomic mass is 9.80. The molecule has 0 saturated heterocycles. The summed E-state index contributed by atoms with van der Waals surface area (Å²) in [5, 5.41) is 11.9. The molecular weight excluding hydrogens is 414 g/mol. The first-order chi connectivity index (χ1) is 16.1. The number of amides is 1. The lowest BCUT2D eigenvalue weighted by molar-refractivity contribution is -0.124. The van der Waals surface area contributed by atoms with Gasteiger partial charge in [-0.25, -0.2) is 9.78 Å². The van der Waals surface area contributed by atoms with Crippen molar-refractivity contribution in [2.75, 3.05) is 13.2 Å². The van der Waals surface area contributed by atoms with Gasteiger partial charge in [-0.15, -0.1) is 0 Å². The maximum absolute atomic E-state index is 13.2. The van der Waals surface area contributed by atoms with Crippen molar-refractivity contribution in [2.45, 2.75) is 26.2 Å². The summed E-state index contributed by atoms with van der Waals surface area (Å²) < 4.78 is 5.40. The molecule has 0 aliphatic heterocycles. The molecule has 3 aromatic rings. The third-order valence-electron chi connectivity index (χ3n) is 5.66. The Kier molecular flexibility index (Phi) is 6.80. The molecule has 1 amide bonds. The second-order valence-corrected chi connectivity index (χ2v) is 8.26. The number of rotatable bonds is 6. The number of ether oxygens (including phenoxy) is 1. The van der Waals surface area contributed by atoms with Crippen LogP contribution in [0.25, 0.3) is 22.6 Å². The minimum atomic E-state index is -0.534. The van der Waals surface area contributed by atoms with Gasteiger partial charge in [0.05, 0.1) is 29.3 Å². The molecule has 1 aliphatic rings. The van der Waals surface area contributed by atoms with E-state index < -0.39 is 18.5 Å². The van der Waals surface area contributed by atoms with Crippen molar-refractivity contribution in [2.24, 2.45) is 5.92 Å². The molecule has 1 aliphatic carbocycles. The summed E-state index contributed by atoms with van der Waals surface area (Å²) in [6, 6.07) is 19.6. The highest BCUT2D eigenvalue weighted by molar-refractivity contribution is 6.07. The van der Waals surface area contributed by atoms with Gasteiger partial charge < -0.3 is 10.1 Å². The molecule has 2 aromatic carbocycles. The Morgan fingerprint density at radius 1 is 1.15 bits per heavy atom. The molecule has 0 fully saturated rings. The number of nitriles is 1. The number of pyridine rings is 1. The third-order valence-corrected chi connectivity index (χ3v) is 5.66. The summed E-state index contributed by atoms with van der Waals surface area (Å²) in [5.74, 6) is -0.631. The van der Waals surface area contributed by atoms with Gasteiger partial charge in [-0.1, -0.05) is 55.5 Å². The molecule has 1 aromatic heterocycles. The van der Waals surface area contributed by atoms with Gasteiger partial charge in [-0.3, -0.25) is 4.79 Å². The predicted molar refractivity (Wildman–Crippen MR) is 127 cm³/mol. The van der Waals surface area contributed by atoms with Crippen LogP contribution in [0.15, 0.2) is 54.6 Å². The Morgan fingerprint density at radius 3 is 2.70 bits per heavy atom. The lowest BCUT2D eigenvalue weighted by Crippen LogP contribution is -2.30. The van der Waals surface area contributed by atoms with Gasteiger partial charge in [0.1, 0.15) is 0 Å². The number of esters is 1. The second kappa shape index (κ2) is 10.1. The summed E-state index contributed by atoms with van der Waals surface area (Å²) in [6.45, 7) is 2.00. The minimum Gasteiger partial charge on any atom is -0.452 e. The molecule has 0 spiro atoms. The fourth-order valence-corrected chi connectivity index (χ4v) is 4.23. The molecule has 1 atom stereocenters. The number of hydrogen-bond donors (Lipinski definition) is 1. The number of nitrogens with one attached hydrogen (secondary N) is 1. The topological polar surface area (TPSA) is 92.1 Å².